The molecule has 1 aliphatic rings. The molecule has 1 heterocycles. The first kappa shape index (κ1) is 27.1. The van der Waals surface area contributed by atoms with Gasteiger partial charge in [0.1, 0.15) is 24.7 Å². The molecule has 0 radical (unpaired) electrons. The van der Waals surface area contributed by atoms with E-state index in [1.54, 1.807) is 36.4 Å². The molecule has 3 aromatic rings. The van der Waals surface area contributed by atoms with Gasteiger partial charge in [-0.05, 0) is 111 Å². The van der Waals surface area contributed by atoms with Gasteiger partial charge in [-0.3, -0.25) is 19.3 Å². The number of hydrogen-bond donors (Lipinski definition) is 1. The average molecular weight is 648 g/mol. The lowest BCUT2D eigenvalue weighted by molar-refractivity contribution is -0.127. The molecule has 0 bridgehead atoms. The molecule has 10 heteroatoms. The fourth-order valence-electron chi connectivity index (χ4n) is 3.74. The highest BCUT2D eigenvalue weighted by molar-refractivity contribution is 9.11. The molecule has 3 amide bonds. The SMILES string of the molecule is Cc1cc(C)cc(NC(=O)CN2C(=O)S/C(=C/c3cc(Br)c(OCc4ccccc4F)c(Br)c3)C2=O)c1. The second-order valence-corrected chi connectivity index (χ2v) is 11.1. The molecule has 0 aromatic heterocycles. The van der Waals surface area contributed by atoms with Crippen LogP contribution in [-0.4, -0.2) is 28.5 Å². The summed E-state index contributed by atoms with van der Waals surface area (Å²) in [6, 6.07) is 15.4. The van der Waals surface area contributed by atoms with Crippen molar-refractivity contribution in [2.24, 2.45) is 0 Å². The third-order valence-electron chi connectivity index (χ3n) is 5.33. The lowest BCUT2D eigenvalue weighted by Gasteiger charge is -2.13. The number of halogens is 3. The monoisotopic (exact) mass is 646 g/mol. The Morgan fingerprint density at radius 3 is 2.35 bits per heavy atom. The summed E-state index contributed by atoms with van der Waals surface area (Å²) in [7, 11) is 0. The number of aryl methyl sites for hydroxylation is 2. The number of amides is 3. The fourth-order valence-corrected chi connectivity index (χ4v) is 6.03. The van der Waals surface area contributed by atoms with E-state index in [2.05, 4.69) is 37.2 Å². The maximum atomic E-state index is 13.9. The minimum Gasteiger partial charge on any atom is -0.486 e. The van der Waals surface area contributed by atoms with Crippen molar-refractivity contribution < 1.29 is 23.5 Å². The van der Waals surface area contributed by atoms with Crippen LogP contribution < -0.4 is 10.1 Å². The molecule has 0 atom stereocenters. The van der Waals surface area contributed by atoms with E-state index in [9.17, 15) is 18.8 Å². The lowest BCUT2D eigenvalue weighted by atomic mass is 10.1. The molecular formula is C27H21Br2FN2O4S. The Balaban J connectivity index is 1.45. The number of ether oxygens (including phenoxy) is 1. The van der Waals surface area contributed by atoms with Crippen LogP contribution in [0.4, 0.5) is 14.9 Å². The van der Waals surface area contributed by atoms with Crippen molar-refractivity contribution in [2.75, 3.05) is 11.9 Å². The number of nitrogens with one attached hydrogen (secondary N) is 1. The Labute approximate surface area is 234 Å². The standard InChI is InChI=1S/C27H21Br2FN2O4S/c1-15-7-16(2)9-19(8-15)31-24(33)13-32-26(34)23(37-27(32)35)12-17-10-20(28)25(21(29)11-17)36-14-18-5-3-4-6-22(18)30/h3-12H,13-14H2,1-2H3,(H,31,33)/b23-12+. The van der Waals surface area contributed by atoms with Crippen LogP contribution in [0.25, 0.3) is 6.08 Å². The molecule has 0 spiro atoms. The van der Waals surface area contributed by atoms with Crippen molar-refractivity contribution in [3.8, 4) is 5.75 Å². The smallest absolute Gasteiger partial charge is 0.294 e. The molecule has 1 aliphatic heterocycles. The summed E-state index contributed by atoms with van der Waals surface area (Å²) in [5, 5.41) is 2.22. The van der Waals surface area contributed by atoms with Gasteiger partial charge in [0.05, 0.1) is 13.9 Å². The van der Waals surface area contributed by atoms with Crippen LogP contribution in [0.5, 0.6) is 5.75 Å². The maximum absolute atomic E-state index is 13.9. The van der Waals surface area contributed by atoms with Crippen LogP contribution in [-0.2, 0) is 16.2 Å². The first-order chi connectivity index (χ1) is 17.6. The number of benzene rings is 3. The minimum atomic E-state index is -0.544. The van der Waals surface area contributed by atoms with E-state index < -0.39 is 17.1 Å². The predicted octanol–water partition coefficient (Wildman–Crippen LogP) is 7.22. The van der Waals surface area contributed by atoms with Crippen molar-refractivity contribution in [1.29, 1.82) is 0 Å². The quantitative estimate of drug-likeness (QED) is 0.274. The van der Waals surface area contributed by atoms with Crippen LogP contribution in [0, 0.1) is 19.7 Å². The van der Waals surface area contributed by atoms with Crippen molar-refractivity contribution >= 4 is 72.4 Å². The van der Waals surface area contributed by atoms with Gasteiger partial charge in [0.2, 0.25) is 5.91 Å². The van der Waals surface area contributed by atoms with Gasteiger partial charge in [-0.2, -0.15) is 0 Å². The van der Waals surface area contributed by atoms with Gasteiger partial charge in [-0.15, -0.1) is 0 Å². The summed E-state index contributed by atoms with van der Waals surface area (Å²) in [4.78, 5) is 39.0. The fraction of sp³-hybridized carbons (Fsp3) is 0.148. The molecule has 1 fully saturated rings. The molecule has 0 unspecified atom stereocenters. The van der Waals surface area contributed by atoms with E-state index in [1.165, 1.54) is 6.07 Å². The number of carbonyl (C=O) groups is 3. The first-order valence-electron chi connectivity index (χ1n) is 11.1. The second kappa shape index (κ2) is 11.6. The van der Waals surface area contributed by atoms with Crippen LogP contribution in [0.2, 0.25) is 0 Å². The van der Waals surface area contributed by atoms with Gasteiger partial charge in [0.25, 0.3) is 11.1 Å². The largest absolute Gasteiger partial charge is 0.486 e. The van der Waals surface area contributed by atoms with Gasteiger partial charge in [-0.25, -0.2) is 4.39 Å². The number of nitrogens with zero attached hydrogens (tertiary/aromatic N) is 1. The average Bonchev–Trinajstić information content (AvgIpc) is 3.06. The van der Waals surface area contributed by atoms with Gasteiger partial charge in [0, 0.05) is 11.3 Å². The van der Waals surface area contributed by atoms with E-state index in [-0.39, 0.29) is 23.9 Å². The van der Waals surface area contributed by atoms with Crippen LogP contribution >= 0.6 is 43.6 Å². The summed E-state index contributed by atoms with van der Waals surface area (Å²) in [6.07, 6.45) is 1.57. The minimum absolute atomic E-state index is 0.0340. The molecule has 0 saturated carbocycles. The van der Waals surface area contributed by atoms with Gasteiger partial charge >= 0.3 is 0 Å². The van der Waals surface area contributed by atoms with Crippen LogP contribution in [0.1, 0.15) is 22.3 Å². The first-order valence-corrected chi connectivity index (χ1v) is 13.5. The molecule has 6 nitrogen and oxygen atoms in total. The topological polar surface area (TPSA) is 75.7 Å². The van der Waals surface area contributed by atoms with E-state index in [4.69, 9.17) is 4.74 Å². The van der Waals surface area contributed by atoms with E-state index in [0.29, 0.717) is 31.5 Å². The number of anilines is 1. The summed E-state index contributed by atoms with van der Waals surface area (Å²) in [6.45, 7) is 3.49. The number of rotatable bonds is 7. The zero-order chi connectivity index (χ0) is 26.7. The highest BCUT2D eigenvalue weighted by atomic mass is 79.9. The van der Waals surface area contributed by atoms with Crippen molar-refractivity contribution in [2.45, 2.75) is 20.5 Å². The number of carbonyl (C=O) groups excluding carboxylic acids is 3. The summed E-state index contributed by atoms with van der Waals surface area (Å²) in [5.41, 5.74) is 3.63. The highest BCUT2D eigenvalue weighted by Crippen LogP contribution is 2.38. The van der Waals surface area contributed by atoms with Crippen molar-refractivity contribution in [1.82, 2.24) is 4.90 Å². The molecular weight excluding hydrogens is 627 g/mol. The van der Waals surface area contributed by atoms with E-state index in [1.807, 2.05) is 32.0 Å². The zero-order valence-electron chi connectivity index (χ0n) is 19.8. The third kappa shape index (κ3) is 6.68. The normalized spacial score (nSPS) is 14.4. The molecule has 37 heavy (non-hydrogen) atoms. The summed E-state index contributed by atoms with van der Waals surface area (Å²) < 4.78 is 20.9. The van der Waals surface area contributed by atoms with Crippen molar-refractivity contribution in [3.63, 3.8) is 0 Å². The Hall–Kier alpha value is -2.95. The Kier molecular flexibility index (Phi) is 8.51. The Morgan fingerprint density at radius 1 is 1.05 bits per heavy atom. The number of hydrogen-bond acceptors (Lipinski definition) is 5. The van der Waals surface area contributed by atoms with Crippen LogP contribution in [0.3, 0.4) is 0 Å². The third-order valence-corrected chi connectivity index (χ3v) is 7.41. The van der Waals surface area contributed by atoms with Crippen molar-refractivity contribution in [3.05, 3.63) is 96.5 Å². The van der Waals surface area contributed by atoms with Gasteiger partial charge in [-0.1, -0.05) is 24.3 Å². The molecule has 1 saturated heterocycles. The van der Waals surface area contributed by atoms with Gasteiger partial charge < -0.3 is 10.1 Å². The van der Waals surface area contributed by atoms with Crippen LogP contribution in [0.15, 0.2) is 68.4 Å². The number of imide groups is 1. The second-order valence-electron chi connectivity index (χ2n) is 8.39. The Bertz CT molecular complexity index is 1400. The zero-order valence-corrected chi connectivity index (χ0v) is 23.8. The maximum Gasteiger partial charge on any atom is 0.294 e. The molecule has 190 valence electrons. The summed E-state index contributed by atoms with van der Waals surface area (Å²) >= 11 is 7.68. The Morgan fingerprint density at radius 2 is 1.70 bits per heavy atom. The van der Waals surface area contributed by atoms with Gasteiger partial charge in [0.15, 0.2) is 0 Å². The molecule has 4 rings (SSSR count). The lowest BCUT2D eigenvalue weighted by Crippen LogP contribution is -2.36. The molecule has 0 aliphatic carbocycles. The molecule has 3 aromatic carbocycles. The molecule has 1 N–H and O–H groups in total. The summed E-state index contributed by atoms with van der Waals surface area (Å²) in [5.74, 6) is -0.894. The van der Waals surface area contributed by atoms with E-state index >= 15 is 0 Å². The number of thioether (sulfide) groups is 1. The van der Waals surface area contributed by atoms with E-state index in [0.717, 1.165) is 27.8 Å². The predicted molar refractivity (Wildman–Crippen MR) is 150 cm³/mol. The highest BCUT2D eigenvalue weighted by Gasteiger charge is 2.36.